The minimum absolute atomic E-state index is 0.166. The van der Waals surface area contributed by atoms with Crippen LogP contribution >= 0.6 is 0 Å². The number of amides is 1. The largest absolute Gasteiger partial charge is 0.389 e. The van der Waals surface area contributed by atoms with Crippen LogP contribution in [-0.4, -0.2) is 48.0 Å². The zero-order valence-corrected chi connectivity index (χ0v) is 21.0. The number of para-hydroxylation sites is 1. The number of aliphatic hydroxyl groups is 1. The minimum atomic E-state index is -3.64. The number of likely N-dealkylation sites (tertiary alicyclic amines) is 1. The highest BCUT2D eigenvalue weighted by atomic mass is 32.2. The number of halogens is 1. The van der Waals surface area contributed by atoms with Crippen molar-refractivity contribution in [3.8, 4) is 0 Å². The molecule has 8 heteroatoms. The molecule has 1 saturated heterocycles. The lowest BCUT2D eigenvalue weighted by Crippen LogP contribution is -2.47. The van der Waals surface area contributed by atoms with Gasteiger partial charge < -0.3 is 10.0 Å². The number of pyridine rings is 1. The summed E-state index contributed by atoms with van der Waals surface area (Å²) in [5.74, 6) is -0.701. The Morgan fingerprint density at radius 1 is 0.946 bits per heavy atom. The molecule has 0 unspecified atom stereocenters. The van der Waals surface area contributed by atoms with E-state index in [0.717, 1.165) is 10.9 Å². The van der Waals surface area contributed by atoms with Gasteiger partial charge in [-0.1, -0.05) is 42.5 Å². The number of nitrogens with zero attached hydrogens (tertiary/aromatic N) is 2. The number of aromatic nitrogens is 1. The first-order valence-electron chi connectivity index (χ1n) is 12.1. The number of benzene rings is 3. The predicted molar refractivity (Wildman–Crippen MR) is 139 cm³/mol. The Morgan fingerprint density at radius 2 is 1.65 bits per heavy atom. The SMILES string of the molecule is O=C(c1ccc(CS(=O)(=O)c2cccc3cccnc23)cc1)N1CCC(O)(Cc2cccc(F)c2)CC1. The summed E-state index contributed by atoms with van der Waals surface area (Å²) >= 11 is 0. The van der Waals surface area contributed by atoms with Crippen molar-refractivity contribution in [1.29, 1.82) is 0 Å². The quantitative estimate of drug-likeness (QED) is 0.404. The fraction of sp³-hybridized carbons (Fsp3) is 0.241. The maximum absolute atomic E-state index is 13.5. The van der Waals surface area contributed by atoms with Gasteiger partial charge in [-0.3, -0.25) is 9.78 Å². The number of hydrogen-bond acceptors (Lipinski definition) is 5. The molecule has 1 aromatic heterocycles. The van der Waals surface area contributed by atoms with Gasteiger partial charge in [-0.15, -0.1) is 0 Å². The van der Waals surface area contributed by atoms with E-state index >= 15 is 0 Å². The summed E-state index contributed by atoms with van der Waals surface area (Å²) in [6.45, 7) is 0.768. The highest BCUT2D eigenvalue weighted by molar-refractivity contribution is 7.90. The van der Waals surface area contributed by atoms with Crippen LogP contribution in [0.15, 0.2) is 90.0 Å². The molecule has 5 rings (SSSR count). The van der Waals surface area contributed by atoms with E-state index < -0.39 is 15.4 Å². The Balaban J connectivity index is 1.23. The summed E-state index contributed by atoms with van der Waals surface area (Å²) in [6.07, 6.45) is 2.70. The summed E-state index contributed by atoms with van der Waals surface area (Å²) < 4.78 is 39.8. The lowest BCUT2D eigenvalue weighted by molar-refractivity contribution is -0.0162. The molecule has 37 heavy (non-hydrogen) atoms. The second-order valence-corrected chi connectivity index (χ2v) is 11.6. The predicted octanol–water partition coefficient (Wildman–Crippen LogP) is 4.56. The average Bonchev–Trinajstić information content (AvgIpc) is 2.88. The molecule has 0 radical (unpaired) electrons. The van der Waals surface area contributed by atoms with Crippen LogP contribution < -0.4 is 0 Å². The molecule has 1 fully saturated rings. The highest BCUT2D eigenvalue weighted by Crippen LogP contribution is 2.28. The van der Waals surface area contributed by atoms with Crippen LogP contribution in [0, 0.1) is 5.82 Å². The van der Waals surface area contributed by atoms with Crippen molar-refractivity contribution < 1.29 is 22.7 Å². The summed E-state index contributed by atoms with van der Waals surface area (Å²) in [5, 5.41) is 11.7. The monoisotopic (exact) mass is 518 g/mol. The summed E-state index contributed by atoms with van der Waals surface area (Å²) in [7, 11) is -3.64. The first-order chi connectivity index (χ1) is 17.7. The molecular weight excluding hydrogens is 491 g/mol. The molecule has 0 atom stereocenters. The Hall–Kier alpha value is -3.62. The van der Waals surface area contributed by atoms with Crippen molar-refractivity contribution in [2.75, 3.05) is 13.1 Å². The van der Waals surface area contributed by atoms with E-state index in [1.54, 1.807) is 65.7 Å². The fourth-order valence-corrected chi connectivity index (χ4v) is 6.42. The van der Waals surface area contributed by atoms with Crippen LogP contribution in [0.2, 0.25) is 0 Å². The fourth-order valence-electron chi connectivity index (χ4n) is 4.88. The minimum Gasteiger partial charge on any atom is -0.389 e. The molecule has 0 spiro atoms. The van der Waals surface area contributed by atoms with E-state index in [0.29, 0.717) is 49.0 Å². The summed E-state index contributed by atoms with van der Waals surface area (Å²) in [5.41, 5.74) is 1.22. The van der Waals surface area contributed by atoms with Gasteiger partial charge >= 0.3 is 0 Å². The van der Waals surface area contributed by atoms with E-state index in [-0.39, 0.29) is 22.4 Å². The van der Waals surface area contributed by atoms with E-state index in [4.69, 9.17) is 0 Å². The number of sulfone groups is 1. The molecule has 190 valence electrons. The third-order valence-corrected chi connectivity index (χ3v) is 8.60. The number of fused-ring (bicyclic) bond motifs is 1. The van der Waals surface area contributed by atoms with Crippen molar-refractivity contribution in [3.05, 3.63) is 108 Å². The van der Waals surface area contributed by atoms with Gasteiger partial charge in [0.2, 0.25) is 0 Å². The second-order valence-electron chi connectivity index (χ2n) is 9.61. The second kappa shape index (κ2) is 10.0. The molecule has 1 aliphatic rings. The number of carbonyl (C=O) groups is 1. The van der Waals surface area contributed by atoms with Crippen LogP contribution in [0.3, 0.4) is 0 Å². The van der Waals surface area contributed by atoms with Crippen LogP contribution in [-0.2, 0) is 22.0 Å². The standard InChI is InChI=1S/C29H27FN2O4S/c30-25-7-1-4-22(18-25)19-29(34)13-16-32(17-14-29)28(33)24-11-9-21(10-12-24)20-37(35,36)26-8-2-5-23-6-3-15-31-27(23)26/h1-12,15,18,34H,13-14,16-17,19-20H2. The Bertz CT molecular complexity index is 1540. The van der Waals surface area contributed by atoms with E-state index in [2.05, 4.69) is 4.98 Å². The first kappa shape index (κ1) is 25.0. The Labute approximate surface area is 215 Å². The van der Waals surface area contributed by atoms with Gasteiger partial charge in [-0.2, -0.15) is 0 Å². The van der Waals surface area contributed by atoms with Crippen molar-refractivity contribution in [1.82, 2.24) is 9.88 Å². The zero-order valence-electron chi connectivity index (χ0n) is 20.2. The molecule has 3 aromatic carbocycles. The van der Waals surface area contributed by atoms with Crippen LogP contribution in [0.1, 0.15) is 34.3 Å². The van der Waals surface area contributed by atoms with Gasteiger partial charge in [0.15, 0.2) is 9.84 Å². The Kier molecular flexibility index (Phi) is 6.79. The number of carbonyl (C=O) groups excluding carboxylic acids is 1. The van der Waals surface area contributed by atoms with E-state index in [1.165, 1.54) is 12.1 Å². The summed E-state index contributed by atoms with van der Waals surface area (Å²) in [4.78, 5) is 19.2. The maximum Gasteiger partial charge on any atom is 0.253 e. The van der Waals surface area contributed by atoms with Gasteiger partial charge in [-0.25, -0.2) is 12.8 Å². The van der Waals surface area contributed by atoms with Gasteiger partial charge in [0, 0.05) is 36.7 Å². The molecule has 4 aromatic rings. The van der Waals surface area contributed by atoms with Crippen molar-refractivity contribution in [2.45, 2.75) is 35.5 Å². The number of piperidine rings is 1. The molecule has 0 saturated carbocycles. The van der Waals surface area contributed by atoms with Crippen molar-refractivity contribution >= 4 is 26.6 Å². The van der Waals surface area contributed by atoms with E-state index in [1.807, 2.05) is 12.1 Å². The lowest BCUT2D eigenvalue weighted by Gasteiger charge is -2.38. The molecule has 6 nitrogen and oxygen atoms in total. The smallest absolute Gasteiger partial charge is 0.253 e. The molecule has 2 heterocycles. The Morgan fingerprint density at radius 3 is 2.38 bits per heavy atom. The topological polar surface area (TPSA) is 87.6 Å². The zero-order chi connectivity index (χ0) is 26.0. The van der Waals surface area contributed by atoms with E-state index in [9.17, 15) is 22.7 Å². The molecule has 0 aliphatic carbocycles. The number of hydrogen-bond donors (Lipinski definition) is 1. The number of rotatable bonds is 6. The molecule has 1 N–H and O–H groups in total. The lowest BCUT2D eigenvalue weighted by atomic mass is 9.85. The average molecular weight is 519 g/mol. The van der Waals surface area contributed by atoms with Gasteiger partial charge in [0.05, 0.1) is 21.8 Å². The highest BCUT2D eigenvalue weighted by Gasteiger charge is 2.34. The van der Waals surface area contributed by atoms with Crippen molar-refractivity contribution in [2.24, 2.45) is 0 Å². The van der Waals surface area contributed by atoms with Crippen LogP contribution in [0.25, 0.3) is 10.9 Å². The van der Waals surface area contributed by atoms with Gasteiger partial charge in [-0.05, 0) is 60.4 Å². The van der Waals surface area contributed by atoms with Crippen molar-refractivity contribution in [3.63, 3.8) is 0 Å². The normalized spacial score (nSPS) is 15.6. The summed E-state index contributed by atoms with van der Waals surface area (Å²) in [6, 6.07) is 21.5. The van der Waals surface area contributed by atoms with Gasteiger partial charge in [0.1, 0.15) is 5.82 Å². The van der Waals surface area contributed by atoms with Gasteiger partial charge in [0.25, 0.3) is 5.91 Å². The van der Waals surface area contributed by atoms with Crippen LogP contribution in [0.4, 0.5) is 4.39 Å². The molecule has 0 bridgehead atoms. The first-order valence-corrected chi connectivity index (χ1v) is 13.8. The molecule has 1 aliphatic heterocycles. The maximum atomic E-state index is 13.5. The third kappa shape index (κ3) is 5.55. The molecule has 1 amide bonds. The molecular formula is C29H27FN2O4S. The third-order valence-electron chi connectivity index (χ3n) is 6.89. The van der Waals surface area contributed by atoms with Crippen LogP contribution in [0.5, 0.6) is 0 Å².